The second kappa shape index (κ2) is 5.68. The third kappa shape index (κ3) is 2.69. The highest BCUT2D eigenvalue weighted by molar-refractivity contribution is 5.52. The minimum absolute atomic E-state index is 0.299. The summed E-state index contributed by atoms with van der Waals surface area (Å²) in [6.07, 6.45) is 0. The highest BCUT2D eigenvalue weighted by Gasteiger charge is 2.37. The van der Waals surface area contributed by atoms with Gasteiger partial charge in [-0.25, -0.2) is 17.6 Å². The average molecular weight is 334 g/mol. The molecule has 0 aromatic heterocycles. The molecule has 2 rings (SSSR count). The lowest BCUT2D eigenvalue weighted by molar-refractivity contribution is 0.222. The lowest BCUT2D eigenvalue weighted by Crippen LogP contribution is -2.25. The molecule has 0 bridgehead atoms. The van der Waals surface area contributed by atoms with E-state index in [4.69, 9.17) is 5.73 Å². The number of halogens is 6. The second-order valence-electron chi connectivity index (χ2n) is 5.46. The molecule has 0 aliphatic heterocycles. The fourth-order valence-electron chi connectivity index (χ4n) is 2.36. The zero-order valence-corrected chi connectivity index (χ0v) is 12.1. The Labute approximate surface area is 128 Å². The summed E-state index contributed by atoms with van der Waals surface area (Å²) in [5.41, 5.74) is 1.61. The molecule has 2 aromatic rings. The smallest absolute Gasteiger partial charge is 0.191 e. The Kier molecular flexibility index (Phi) is 4.19. The predicted octanol–water partition coefficient (Wildman–Crippen LogP) is 4.73. The van der Waals surface area contributed by atoms with Gasteiger partial charge in [0.05, 0.1) is 0 Å². The van der Waals surface area contributed by atoms with Crippen LogP contribution in [-0.2, 0) is 5.41 Å². The first kappa shape index (κ1) is 17.0. The first-order chi connectivity index (χ1) is 10.6. The van der Waals surface area contributed by atoms with E-state index in [0.717, 1.165) is 0 Å². The summed E-state index contributed by atoms with van der Waals surface area (Å²) in [5.74, 6) is -8.07. The van der Waals surface area contributed by atoms with Crippen molar-refractivity contribution < 1.29 is 26.5 Å². The maximum atomic E-state index is 14.2. The number of anilines is 2. The summed E-state index contributed by atoms with van der Waals surface area (Å²) in [4.78, 5) is 0. The molecule has 0 spiro atoms. The second-order valence-corrected chi connectivity index (χ2v) is 5.46. The predicted molar refractivity (Wildman–Crippen MR) is 74.0 cm³/mol. The van der Waals surface area contributed by atoms with E-state index in [1.54, 1.807) is 0 Å². The number of hydrogen-bond acceptors (Lipinski definition) is 2. The van der Waals surface area contributed by atoms with Crippen LogP contribution in [0.5, 0.6) is 0 Å². The molecule has 0 aliphatic rings. The Bertz CT molecular complexity index is 712. The molecule has 124 valence electrons. The summed E-state index contributed by atoms with van der Waals surface area (Å²) in [6, 6.07) is 5.74. The van der Waals surface area contributed by atoms with Crippen molar-refractivity contribution >= 4 is 11.4 Å². The van der Waals surface area contributed by atoms with Gasteiger partial charge in [-0.3, -0.25) is 0 Å². The third-order valence-electron chi connectivity index (χ3n) is 3.67. The topological polar surface area (TPSA) is 29.3 Å². The quantitative estimate of drug-likeness (QED) is 0.381. The number of hydrogen-bond donors (Lipinski definition) is 1. The van der Waals surface area contributed by atoms with Crippen LogP contribution in [0.25, 0.3) is 0 Å². The summed E-state index contributed by atoms with van der Waals surface area (Å²) in [5, 5.41) is -2.00. The molecule has 8 heteroatoms. The maximum absolute atomic E-state index is 14.2. The van der Waals surface area contributed by atoms with Gasteiger partial charge in [0.1, 0.15) is 0 Å². The van der Waals surface area contributed by atoms with Gasteiger partial charge in [0, 0.05) is 16.7 Å². The van der Waals surface area contributed by atoms with E-state index < -0.39 is 45.3 Å². The molecule has 0 saturated carbocycles. The van der Waals surface area contributed by atoms with Gasteiger partial charge in [-0.2, -0.15) is 0 Å². The van der Waals surface area contributed by atoms with Crippen LogP contribution in [0.1, 0.15) is 25.0 Å². The van der Waals surface area contributed by atoms with E-state index in [1.165, 1.54) is 38.1 Å². The lowest BCUT2D eigenvalue weighted by Gasteiger charge is -2.28. The molecule has 2 N–H and O–H groups in total. The molecular weight excluding hydrogens is 322 g/mol. The van der Waals surface area contributed by atoms with Crippen molar-refractivity contribution in [2.75, 3.05) is 11.1 Å². The largest absolute Gasteiger partial charge is 0.399 e. The third-order valence-corrected chi connectivity index (χ3v) is 3.67. The van der Waals surface area contributed by atoms with Gasteiger partial charge in [0.15, 0.2) is 29.0 Å². The van der Waals surface area contributed by atoms with E-state index in [-0.39, 0.29) is 0 Å². The number of nitrogens with zero attached hydrogens (tertiary/aromatic N) is 1. The standard InChI is InChI=1S/C15H12F6N2/c1-15(2,7-3-5-8(22)6-4-7)9-10(16)12(18)14(23(20)21)13(19)11(9)17/h3-6H,22H2,1-2H3. The molecule has 0 atom stereocenters. The van der Waals surface area contributed by atoms with Crippen LogP contribution in [0.3, 0.4) is 0 Å². The van der Waals surface area contributed by atoms with Crippen LogP contribution < -0.4 is 11.1 Å². The van der Waals surface area contributed by atoms with Gasteiger partial charge in [-0.15, -0.1) is 0 Å². The van der Waals surface area contributed by atoms with E-state index in [9.17, 15) is 26.5 Å². The number of rotatable bonds is 3. The normalized spacial score (nSPS) is 11.7. The number of nitrogens with two attached hydrogens (primary N) is 1. The van der Waals surface area contributed by atoms with Crippen molar-refractivity contribution in [2.45, 2.75) is 19.3 Å². The Balaban J connectivity index is 2.75. The molecule has 0 fully saturated rings. The molecule has 0 unspecified atom stereocenters. The number of benzene rings is 2. The van der Waals surface area contributed by atoms with E-state index in [1.807, 2.05) is 0 Å². The van der Waals surface area contributed by atoms with Gasteiger partial charge in [-0.05, 0) is 23.0 Å². The minimum Gasteiger partial charge on any atom is -0.399 e. The van der Waals surface area contributed by atoms with Crippen LogP contribution in [0, 0.1) is 23.3 Å². The van der Waals surface area contributed by atoms with Gasteiger partial charge >= 0.3 is 0 Å². The van der Waals surface area contributed by atoms with Crippen LogP contribution in [0.15, 0.2) is 24.3 Å². The van der Waals surface area contributed by atoms with Crippen molar-refractivity contribution in [1.82, 2.24) is 0 Å². The van der Waals surface area contributed by atoms with Crippen molar-refractivity contribution in [1.29, 1.82) is 0 Å². The maximum Gasteiger partial charge on any atom is 0.191 e. The van der Waals surface area contributed by atoms with Crippen LogP contribution >= 0.6 is 0 Å². The van der Waals surface area contributed by atoms with E-state index in [0.29, 0.717) is 11.3 Å². The zero-order valence-electron chi connectivity index (χ0n) is 12.1. The molecule has 2 nitrogen and oxygen atoms in total. The highest BCUT2D eigenvalue weighted by atomic mass is 19.4. The summed E-state index contributed by atoms with van der Waals surface area (Å²) >= 11 is 0. The van der Waals surface area contributed by atoms with Crippen molar-refractivity contribution in [3.8, 4) is 0 Å². The van der Waals surface area contributed by atoms with Crippen LogP contribution in [0.4, 0.5) is 37.9 Å². The lowest BCUT2D eigenvalue weighted by atomic mass is 9.77. The molecule has 0 heterocycles. The zero-order chi connectivity index (χ0) is 17.5. The minimum atomic E-state index is -2.16. The Morgan fingerprint density at radius 1 is 0.826 bits per heavy atom. The van der Waals surface area contributed by atoms with Crippen molar-refractivity contribution in [3.63, 3.8) is 0 Å². The monoisotopic (exact) mass is 334 g/mol. The average Bonchev–Trinajstić information content (AvgIpc) is 2.45. The van der Waals surface area contributed by atoms with E-state index >= 15 is 0 Å². The number of nitrogen functional groups attached to an aromatic ring is 1. The molecule has 0 radical (unpaired) electrons. The van der Waals surface area contributed by atoms with E-state index in [2.05, 4.69) is 0 Å². The van der Waals surface area contributed by atoms with Crippen molar-refractivity contribution in [3.05, 3.63) is 58.7 Å². The molecular formula is C15H12F6N2. The first-order valence-corrected chi connectivity index (χ1v) is 6.43. The molecule has 2 aromatic carbocycles. The molecule has 0 aliphatic carbocycles. The highest BCUT2D eigenvalue weighted by Crippen LogP contribution is 2.40. The van der Waals surface area contributed by atoms with Crippen LogP contribution in [-0.4, -0.2) is 0 Å². The molecule has 0 amide bonds. The van der Waals surface area contributed by atoms with Gasteiger partial charge in [0.25, 0.3) is 0 Å². The molecule has 23 heavy (non-hydrogen) atoms. The van der Waals surface area contributed by atoms with Crippen LogP contribution in [0.2, 0.25) is 0 Å². The summed E-state index contributed by atoms with van der Waals surface area (Å²) in [6.45, 7) is 2.61. The summed E-state index contributed by atoms with van der Waals surface area (Å²) < 4.78 is 80.7. The Morgan fingerprint density at radius 3 is 1.65 bits per heavy atom. The fourth-order valence-corrected chi connectivity index (χ4v) is 2.36. The summed E-state index contributed by atoms with van der Waals surface area (Å²) in [7, 11) is 0. The van der Waals surface area contributed by atoms with Crippen molar-refractivity contribution in [2.24, 2.45) is 0 Å². The van der Waals surface area contributed by atoms with Gasteiger partial charge in [-0.1, -0.05) is 34.9 Å². The van der Waals surface area contributed by atoms with Gasteiger partial charge in [0.2, 0.25) is 0 Å². The van der Waals surface area contributed by atoms with Gasteiger partial charge < -0.3 is 5.73 Å². The molecule has 0 saturated heterocycles. The Hall–Kier alpha value is -2.38. The SMILES string of the molecule is CC(C)(c1ccc(N)cc1)c1c(F)c(F)c(N(F)F)c(F)c1F. The fraction of sp³-hybridized carbons (Fsp3) is 0.200. The Morgan fingerprint density at radius 2 is 1.26 bits per heavy atom. The first-order valence-electron chi connectivity index (χ1n) is 6.43.